The van der Waals surface area contributed by atoms with Crippen LogP contribution in [0.15, 0.2) is 16.5 Å². The van der Waals surface area contributed by atoms with Crippen molar-refractivity contribution in [3.05, 3.63) is 23.7 Å². The Morgan fingerprint density at radius 2 is 2.25 bits per heavy atom. The lowest BCUT2D eigenvalue weighted by molar-refractivity contribution is 0.0924. The van der Waals surface area contributed by atoms with Crippen LogP contribution < -0.4 is 11.1 Å². The molecule has 0 bridgehead atoms. The molecule has 0 spiro atoms. The molecule has 0 saturated heterocycles. The summed E-state index contributed by atoms with van der Waals surface area (Å²) >= 11 is 4.75. The molecule has 0 radical (unpaired) electrons. The van der Waals surface area contributed by atoms with Gasteiger partial charge in [-0.2, -0.15) is 0 Å². The lowest BCUT2D eigenvalue weighted by Crippen LogP contribution is -2.24. The maximum absolute atomic E-state index is 11.5. The van der Waals surface area contributed by atoms with Crippen molar-refractivity contribution in [3.8, 4) is 0 Å². The van der Waals surface area contributed by atoms with Crippen LogP contribution in [0.25, 0.3) is 0 Å². The van der Waals surface area contributed by atoms with E-state index in [0.29, 0.717) is 17.3 Å². The molecule has 1 rings (SSSR count). The second kappa shape index (κ2) is 6.27. The van der Waals surface area contributed by atoms with Gasteiger partial charge in [-0.25, -0.2) is 0 Å². The molecule has 1 heterocycles. The maximum atomic E-state index is 11.5. The number of thiocarbonyl (C=S) groups is 1. The summed E-state index contributed by atoms with van der Waals surface area (Å²) in [6.07, 6.45) is 2.49. The van der Waals surface area contributed by atoms with Crippen LogP contribution in [-0.4, -0.2) is 17.4 Å². The number of hydrogen-bond donors (Lipinski definition) is 2. The maximum Gasteiger partial charge on any atom is 0.286 e. The molecule has 0 unspecified atom stereocenters. The number of aryl methyl sites for hydroxylation is 1. The Labute approximate surface area is 100 Å². The van der Waals surface area contributed by atoms with Crippen molar-refractivity contribution < 1.29 is 9.21 Å². The second-order valence-corrected chi connectivity index (χ2v) is 4.11. The monoisotopic (exact) mass is 240 g/mol. The quantitative estimate of drug-likeness (QED) is 0.587. The zero-order valence-corrected chi connectivity index (χ0v) is 10.1. The highest BCUT2D eigenvalue weighted by molar-refractivity contribution is 7.80. The van der Waals surface area contributed by atoms with E-state index in [0.717, 1.165) is 25.0 Å². The summed E-state index contributed by atoms with van der Waals surface area (Å²) in [6.45, 7) is 2.42. The van der Waals surface area contributed by atoms with E-state index in [1.54, 1.807) is 19.1 Å². The van der Waals surface area contributed by atoms with Crippen molar-refractivity contribution in [1.82, 2.24) is 5.32 Å². The number of carbonyl (C=O) groups excluding carboxylic acids is 1. The standard InChI is InChI=1S/C11H16N2O2S/c1-8-5-6-9(15-8)11(14)13-7-3-2-4-10(12)16/h5-6H,2-4,7H2,1H3,(H2,12,16)(H,13,14). The molecular formula is C11H16N2O2S. The van der Waals surface area contributed by atoms with Crippen LogP contribution in [-0.2, 0) is 0 Å². The topological polar surface area (TPSA) is 68.3 Å². The van der Waals surface area contributed by atoms with Gasteiger partial charge in [0.05, 0.1) is 4.99 Å². The minimum atomic E-state index is -0.177. The van der Waals surface area contributed by atoms with Crippen LogP contribution in [0.4, 0.5) is 0 Å². The molecule has 16 heavy (non-hydrogen) atoms. The first-order chi connectivity index (χ1) is 7.59. The molecule has 0 aliphatic heterocycles. The van der Waals surface area contributed by atoms with E-state index < -0.39 is 0 Å². The first kappa shape index (κ1) is 12.7. The van der Waals surface area contributed by atoms with Crippen molar-refractivity contribution in [2.75, 3.05) is 6.54 Å². The third kappa shape index (κ3) is 4.44. The average molecular weight is 240 g/mol. The molecule has 1 aromatic heterocycles. The van der Waals surface area contributed by atoms with Gasteiger partial charge in [0.1, 0.15) is 5.76 Å². The van der Waals surface area contributed by atoms with Crippen molar-refractivity contribution in [2.45, 2.75) is 26.2 Å². The molecule has 5 heteroatoms. The van der Waals surface area contributed by atoms with Gasteiger partial charge >= 0.3 is 0 Å². The van der Waals surface area contributed by atoms with E-state index in [9.17, 15) is 4.79 Å². The summed E-state index contributed by atoms with van der Waals surface area (Å²) < 4.78 is 5.19. The van der Waals surface area contributed by atoms with Gasteiger partial charge < -0.3 is 15.5 Å². The van der Waals surface area contributed by atoms with Crippen LogP contribution >= 0.6 is 12.2 Å². The molecular weight excluding hydrogens is 224 g/mol. The molecule has 88 valence electrons. The Bertz CT molecular complexity index is 374. The number of amides is 1. The molecule has 0 aliphatic carbocycles. The fourth-order valence-electron chi connectivity index (χ4n) is 1.27. The molecule has 4 nitrogen and oxygen atoms in total. The highest BCUT2D eigenvalue weighted by atomic mass is 32.1. The number of unbranched alkanes of at least 4 members (excludes halogenated alkanes) is 1. The normalized spacial score (nSPS) is 10.1. The Hall–Kier alpha value is -1.36. The predicted molar refractivity (Wildman–Crippen MR) is 66.4 cm³/mol. The highest BCUT2D eigenvalue weighted by Gasteiger charge is 2.08. The van der Waals surface area contributed by atoms with E-state index >= 15 is 0 Å². The number of nitrogens with two attached hydrogens (primary N) is 1. The zero-order valence-electron chi connectivity index (χ0n) is 9.29. The Kier molecular flexibility index (Phi) is 4.98. The van der Waals surface area contributed by atoms with Gasteiger partial charge in [0.25, 0.3) is 5.91 Å². The average Bonchev–Trinajstić information content (AvgIpc) is 2.63. The van der Waals surface area contributed by atoms with E-state index in [2.05, 4.69) is 5.32 Å². The number of carbonyl (C=O) groups is 1. The minimum Gasteiger partial charge on any atom is -0.456 e. The first-order valence-electron chi connectivity index (χ1n) is 5.22. The van der Waals surface area contributed by atoms with E-state index in [-0.39, 0.29) is 5.91 Å². The Morgan fingerprint density at radius 1 is 1.50 bits per heavy atom. The van der Waals surface area contributed by atoms with Gasteiger partial charge in [-0.15, -0.1) is 0 Å². The molecule has 3 N–H and O–H groups in total. The van der Waals surface area contributed by atoms with E-state index in [4.69, 9.17) is 22.4 Å². The number of nitrogens with one attached hydrogen (secondary N) is 1. The summed E-state index contributed by atoms with van der Waals surface area (Å²) in [7, 11) is 0. The minimum absolute atomic E-state index is 0.177. The zero-order chi connectivity index (χ0) is 12.0. The van der Waals surface area contributed by atoms with Gasteiger partial charge in [-0.1, -0.05) is 12.2 Å². The first-order valence-corrected chi connectivity index (χ1v) is 5.63. The SMILES string of the molecule is Cc1ccc(C(=O)NCCCCC(N)=S)o1. The van der Waals surface area contributed by atoms with Gasteiger partial charge in [0, 0.05) is 6.54 Å². The third-order valence-corrected chi connectivity index (χ3v) is 2.30. The van der Waals surface area contributed by atoms with Gasteiger partial charge in [0.15, 0.2) is 5.76 Å². The van der Waals surface area contributed by atoms with Crippen molar-refractivity contribution in [2.24, 2.45) is 5.73 Å². The van der Waals surface area contributed by atoms with Crippen molar-refractivity contribution >= 4 is 23.1 Å². The highest BCUT2D eigenvalue weighted by Crippen LogP contribution is 2.05. The molecule has 0 aliphatic rings. The molecule has 0 fully saturated rings. The largest absolute Gasteiger partial charge is 0.456 e. The smallest absolute Gasteiger partial charge is 0.286 e. The molecule has 0 saturated carbocycles. The van der Waals surface area contributed by atoms with E-state index in [1.165, 1.54) is 0 Å². The van der Waals surface area contributed by atoms with E-state index in [1.807, 2.05) is 0 Å². The van der Waals surface area contributed by atoms with Crippen molar-refractivity contribution in [3.63, 3.8) is 0 Å². The van der Waals surface area contributed by atoms with Gasteiger partial charge in [-0.05, 0) is 38.3 Å². The summed E-state index contributed by atoms with van der Waals surface area (Å²) in [5.74, 6) is 0.911. The predicted octanol–water partition coefficient (Wildman–Crippen LogP) is 1.77. The molecule has 1 amide bonds. The molecule has 1 aromatic rings. The van der Waals surface area contributed by atoms with Gasteiger partial charge in [-0.3, -0.25) is 4.79 Å². The second-order valence-electron chi connectivity index (χ2n) is 3.59. The molecule has 0 aromatic carbocycles. The summed E-state index contributed by atoms with van der Waals surface area (Å²) in [6, 6.07) is 3.43. The fourth-order valence-corrected chi connectivity index (χ4v) is 1.41. The Morgan fingerprint density at radius 3 is 2.81 bits per heavy atom. The lowest BCUT2D eigenvalue weighted by Gasteiger charge is -2.02. The van der Waals surface area contributed by atoms with Crippen LogP contribution in [0, 0.1) is 6.92 Å². The summed E-state index contributed by atoms with van der Waals surface area (Å²) in [4.78, 5) is 12.0. The number of hydrogen-bond acceptors (Lipinski definition) is 3. The third-order valence-electron chi connectivity index (χ3n) is 2.10. The lowest BCUT2D eigenvalue weighted by atomic mass is 10.2. The fraction of sp³-hybridized carbons (Fsp3) is 0.455. The van der Waals surface area contributed by atoms with Crippen LogP contribution in [0.3, 0.4) is 0 Å². The summed E-state index contributed by atoms with van der Waals surface area (Å²) in [5, 5.41) is 2.77. The van der Waals surface area contributed by atoms with Crippen LogP contribution in [0.2, 0.25) is 0 Å². The summed E-state index contributed by atoms with van der Waals surface area (Å²) in [5.41, 5.74) is 5.36. The van der Waals surface area contributed by atoms with Crippen LogP contribution in [0.1, 0.15) is 35.6 Å². The van der Waals surface area contributed by atoms with Crippen molar-refractivity contribution in [1.29, 1.82) is 0 Å². The van der Waals surface area contributed by atoms with Gasteiger partial charge in [0.2, 0.25) is 0 Å². The van der Waals surface area contributed by atoms with Crippen LogP contribution in [0.5, 0.6) is 0 Å². The Balaban J connectivity index is 2.18. The molecule has 0 atom stereocenters. The number of furan rings is 1. The number of rotatable bonds is 6.